The second kappa shape index (κ2) is 13.0. The van der Waals surface area contributed by atoms with Crippen LogP contribution in [-0.4, -0.2) is 64.0 Å². The maximum atomic E-state index is 13.4. The second-order valence-electron chi connectivity index (χ2n) is 12.3. The summed E-state index contributed by atoms with van der Waals surface area (Å²) in [5, 5.41) is 12.5. The summed E-state index contributed by atoms with van der Waals surface area (Å²) in [6.07, 6.45) is -3.12. The number of hydrogen-bond acceptors (Lipinski definition) is 9. The molecule has 1 aromatic heterocycles. The number of imide groups is 1. The standard InChI is InChI=1S/C33H34F2N4O9/c1-18(21-8-11-24-25(16-21)47-33(34,35)46-24)37-30(43)39-27(29(41)42)23(28(39)40)14-20-12-13-36-26(15-20)38(31(44)48-32(2,3)4)17-19-6-9-22(45-5)10-7-19/h6-13,15-16,18,23,27H,14,17H2,1-5H3,(H,37,43)(H,41,42)/t18-,23-,27+/m1/s1. The predicted octanol–water partition coefficient (Wildman–Crippen LogP) is 5.28. The Labute approximate surface area is 274 Å². The first-order valence-corrected chi connectivity index (χ1v) is 14.9. The molecule has 3 atom stereocenters. The normalized spacial score (nSPS) is 18.4. The molecule has 0 spiro atoms. The molecule has 2 aliphatic heterocycles. The molecule has 1 fully saturated rings. The van der Waals surface area contributed by atoms with Gasteiger partial charge in [-0.25, -0.2) is 24.3 Å². The monoisotopic (exact) mass is 668 g/mol. The van der Waals surface area contributed by atoms with Crippen LogP contribution >= 0.6 is 0 Å². The highest BCUT2D eigenvalue weighted by molar-refractivity contribution is 6.07. The Kier molecular flexibility index (Phi) is 9.15. The molecule has 0 radical (unpaired) electrons. The maximum absolute atomic E-state index is 13.4. The number of hydrogen-bond donors (Lipinski definition) is 2. The number of aliphatic carboxylic acids is 1. The van der Waals surface area contributed by atoms with Crippen LogP contribution in [0.3, 0.4) is 0 Å². The molecule has 15 heteroatoms. The van der Waals surface area contributed by atoms with Crippen molar-refractivity contribution in [1.82, 2.24) is 15.2 Å². The van der Waals surface area contributed by atoms with Gasteiger partial charge in [-0.3, -0.25) is 9.69 Å². The van der Waals surface area contributed by atoms with Crippen LogP contribution in [0.1, 0.15) is 50.4 Å². The molecule has 3 heterocycles. The number of carboxylic acid groups (broad SMARTS) is 1. The van der Waals surface area contributed by atoms with Crippen LogP contribution in [0.2, 0.25) is 0 Å². The Morgan fingerprint density at radius 2 is 1.75 bits per heavy atom. The molecule has 0 bridgehead atoms. The summed E-state index contributed by atoms with van der Waals surface area (Å²) in [7, 11) is 1.54. The van der Waals surface area contributed by atoms with Gasteiger partial charge in [0, 0.05) is 6.20 Å². The molecule has 254 valence electrons. The Bertz CT molecular complexity index is 1730. The molecule has 2 N–H and O–H groups in total. The fourth-order valence-corrected chi connectivity index (χ4v) is 5.29. The van der Waals surface area contributed by atoms with Crippen LogP contribution in [0.25, 0.3) is 0 Å². The lowest BCUT2D eigenvalue weighted by Gasteiger charge is -2.43. The van der Waals surface area contributed by atoms with Gasteiger partial charge in [-0.15, -0.1) is 8.78 Å². The lowest BCUT2D eigenvalue weighted by atomic mass is 9.82. The first-order chi connectivity index (χ1) is 22.5. The zero-order chi connectivity index (χ0) is 35.0. The molecular formula is C33H34F2N4O9. The van der Waals surface area contributed by atoms with Crippen molar-refractivity contribution >= 4 is 29.8 Å². The van der Waals surface area contributed by atoms with Gasteiger partial charge in [0.1, 0.15) is 17.2 Å². The van der Waals surface area contributed by atoms with Crippen molar-refractivity contribution in [3.8, 4) is 17.2 Å². The highest BCUT2D eigenvalue weighted by atomic mass is 19.3. The van der Waals surface area contributed by atoms with E-state index < -0.39 is 53.9 Å². The Morgan fingerprint density at radius 3 is 2.40 bits per heavy atom. The van der Waals surface area contributed by atoms with Gasteiger partial charge in [0.2, 0.25) is 5.91 Å². The lowest BCUT2D eigenvalue weighted by Crippen LogP contribution is -2.68. The number of methoxy groups -OCH3 is 1. The van der Waals surface area contributed by atoms with Crippen molar-refractivity contribution in [2.75, 3.05) is 12.0 Å². The number of likely N-dealkylation sites (tertiary alicyclic amines) is 1. The summed E-state index contributed by atoms with van der Waals surface area (Å²) in [6, 6.07) is 10.9. The number of carbonyl (C=O) groups is 4. The number of rotatable bonds is 9. The number of benzene rings is 2. The van der Waals surface area contributed by atoms with Crippen molar-refractivity contribution in [1.29, 1.82) is 0 Å². The third-order valence-electron chi connectivity index (χ3n) is 7.61. The number of carbonyl (C=O) groups excluding carboxylic acids is 3. The van der Waals surface area contributed by atoms with E-state index in [9.17, 15) is 33.1 Å². The van der Waals surface area contributed by atoms with Gasteiger partial charge in [-0.1, -0.05) is 18.2 Å². The van der Waals surface area contributed by atoms with Crippen LogP contribution in [0.4, 0.5) is 24.2 Å². The van der Waals surface area contributed by atoms with Crippen LogP contribution < -0.4 is 24.4 Å². The Hall–Kier alpha value is -5.47. The Balaban J connectivity index is 1.30. The largest absolute Gasteiger partial charge is 0.586 e. The third kappa shape index (κ3) is 7.40. The summed E-state index contributed by atoms with van der Waals surface area (Å²) in [6.45, 7) is 6.81. The molecule has 1 saturated heterocycles. The van der Waals surface area contributed by atoms with Crippen LogP contribution in [0.5, 0.6) is 17.2 Å². The lowest BCUT2D eigenvalue weighted by molar-refractivity contribution is -0.286. The summed E-state index contributed by atoms with van der Waals surface area (Å²) >= 11 is 0. The molecule has 4 amide bonds. The van der Waals surface area contributed by atoms with E-state index in [0.29, 0.717) is 21.8 Å². The average molecular weight is 669 g/mol. The number of aromatic nitrogens is 1. The number of halogens is 2. The van der Waals surface area contributed by atoms with Gasteiger partial charge in [0.05, 0.1) is 25.6 Å². The van der Waals surface area contributed by atoms with Gasteiger partial charge in [-0.05, 0) is 87.2 Å². The van der Waals surface area contributed by atoms with Gasteiger partial charge < -0.3 is 29.4 Å². The fourth-order valence-electron chi connectivity index (χ4n) is 5.29. The summed E-state index contributed by atoms with van der Waals surface area (Å²) < 4.78 is 46.5. The van der Waals surface area contributed by atoms with E-state index in [0.717, 1.165) is 5.56 Å². The number of fused-ring (bicyclic) bond motifs is 1. The molecule has 5 rings (SSSR count). The second-order valence-corrected chi connectivity index (χ2v) is 12.3. The zero-order valence-corrected chi connectivity index (χ0v) is 26.7. The SMILES string of the molecule is COc1ccc(CN(C(=O)OC(C)(C)C)c2cc(C[C@H]3C(=O)N(C(=O)N[C@H](C)c4ccc5c(c4)OC(F)(F)O5)[C@@H]3C(=O)O)ccn2)cc1. The van der Waals surface area contributed by atoms with Crippen molar-refractivity contribution in [2.24, 2.45) is 5.92 Å². The topological polar surface area (TPSA) is 157 Å². The van der Waals surface area contributed by atoms with E-state index in [1.54, 1.807) is 64.3 Å². The molecule has 13 nitrogen and oxygen atoms in total. The smallest absolute Gasteiger partial charge is 0.497 e. The molecule has 0 aliphatic carbocycles. The number of alkyl halides is 2. The first kappa shape index (κ1) is 33.9. The molecule has 2 aromatic carbocycles. The highest BCUT2D eigenvalue weighted by Crippen LogP contribution is 2.42. The summed E-state index contributed by atoms with van der Waals surface area (Å²) in [5.74, 6) is -2.77. The molecule has 2 aliphatic rings. The minimum absolute atomic E-state index is 0.0638. The van der Waals surface area contributed by atoms with E-state index in [4.69, 9.17) is 9.47 Å². The molecule has 0 unspecified atom stereocenters. The van der Waals surface area contributed by atoms with E-state index >= 15 is 0 Å². The number of carboxylic acids is 1. The van der Waals surface area contributed by atoms with Gasteiger partial charge in [0.15, 0.2) is 17.5 Å². The summed E-state index contributed by atoms with van der Waals surface area (Å²) in [4.78, 5) is 58.1. The fraction of sp³-hybridized carbons (Fsp3) is 0.364. The highest BCUT2D eigenvalue weighted by Gasteiger charge is 2.55. The quantitative estimate of drug-likeness (QED) is 0.288. The van der Waals surface area contributed by atoms with Crippen LogP contribution in [0.15, 0.2) is 60.8 Å². The third-order valence-corrected chi connectivity index (χ3v) is 7.61. The molecule has 48 heavy (non-hydrogen) atoms. The number of ether oxygens (including phenoxy) is 4. The number of nitrogens with zero attached hydrogens (tertiary/aromatic N) is 3. The van der Waals surface area contributed by atoms with E-state index in [1.807, 2.05) is 0 Å². The molecule has 0 saturated carbocycles. The van der Waals surface area contributed by atoms with E-state index in [-0.39, 0.29) is 30.3 Å². The number of nitrogens with one attached hydrogen (secondary N) is 1. The minimum atomic E-state index is -3.82. The maximum Gasteiger partial charge on any atom is 0.586 e. The number of pyridine rings is 1. The van der Waals surface area contributed by atoms with Crippen molar-refractivity contribution in [3.63, 3.8) is 0 Å². The van der Waals surface area contributed by atoms with Crippen molar-refractivity contribution < 1.29 is 52.0 Å². The van der Waals surface area contributed by atoms with E-state index in [2.05, 4.69) is 19.8 Å². The first-order valence-electron chi connectivity index (χ1n) is 14.9. The predicted molar refractivity (Wildman–Crippen MR) is 165 cm³/mol. The van der Waals surface area contributed by atoms with Gasteiger partial charge >= 0.3 is 24.4 Å². The van der Waals surface area contributed by atoms with E-state index in [1.165, 1.54) is 36.2 Å². The van der Waals surface area contributed by atoms with Crippen molar-refractivity contribution in [2.45, 2.75) is 64.6 Å². The number of β-lactam (4-membered cyclic amide) rings is 1. The molecule has 3 aromatic rings. The van der Waals surface area contributed by atoms with Gasteiger partial charge in [0.25, 0.3) is 0 Å². The van der Waals surface area contributed by atoms with Crippen LogP contribution in [-0.2, 0) is 27.3 Å². The molecular weight excluding hydrogens is 634 g/mol. The Morgan fingerprint density at radius 1 is 1.06 bits per heavy atom. The van der Waals surface area contributed by atoms with Crippen LogP contribution in [0, 0.1) is 5.92 Å². The zero-order valence-electron chi connectivity index (χ0n) is 26.7. The minimum Gasteiger partial charge on any atom is -0.497 e. The van der Waals surface area contributed by atoms with Crippen molar-refractivity contribution in [3.05, 3.63) is 77.5 Å². The van der Waals surface area contributed by atoms with Gasteiger partial charge in [-0.2, -0.15) is 0 Å². The number of amides is 4. The number of urea groups is 1. The summed E-state index contributed by atoms with van der Waals surface area (Å²) in [5.41, 5.74) is 0.800. The average Bonchev–Trinajstić information content (AvgIpc) is 3.33. The number of anilines is 1.